The number of Topliss-reactive ketones (excluding diaryl/α,β-unsaturated/α-hetero) is 1. The highest BCUT2D eigenvalue weighted by Crippen LogP contribution is 2.32. The van der Waals surface area contributed by atoms with Crippen molar-refractivity contribution >= 4 is 11.7 Å². The molecule has 1 N–H and O–H groups in total. The lowest BCUT2D eigenvalue weighted by Crippen LogP contribution is -2.44. The van der Waals surface area contributed by atoms with Crippen molar-refractivity contribution < 1.29 is 23.8 Å². The van der Waals surface area contributed by atoms with Crippen LogP contribution in [0.15, 0.2) is 42.5 Å². The second-order valence-electron chi connectivity index (χ2n) is 11.3. The maximum atomic E-state index is 12.9. The number of carbonyl (C=O) groups excluding carboxylic acids is 2. The summed E-state index contributed by atoms with van der Waals surface area (Å²) in [7, 11) is 1.61. The SMILES string of the molecule is COc1ccc(C(=O)CCCCCC(=O)N[C@@H](Cc2ccc3c(c2)OCCO3)CN2CCC(C)(C)C2)cc1. The summed E-state index contributed by atoms with van der Waals surface area (Å²) < 4.78 is 16.6. The number of methoxy groups -OCH3 is 1. The van der Waals surface area contributed by atoms with Gasteiger partial charge in [-0.1, -0.05) is 26.3 Å². The highest BCUT2D eigenvalue weighted by Gasteiger charge is 2.30. The molecule has 2 heterocycles. The summed E-state index contributed by atoms with van der Waals surface area (Å²) in [5.41, 5.74) is 2.15. The molecular formula is C31H42N2O5. The van der Waals surface area contributed by atoms with Crippen LogP contribution in [0.5, 0.6) is 17.2 Å². The molecule has 0 radical (unpaired) electrons. The van der Waals surface area contributed by atoms with Crippen molar-refractivity contribution in [1.82, 2.24) is 10.2 Å². The van der Waals surface area contributed by atoms with Gasteiger partial charge in [-0.05, 0) is 79.6 Å². The number of hydrogen-bond donors (Lipinski definition) is 1. The molecule has 0 unspecified atom stereocenters. The van der Waals surface area contributed by atoms with E-state index < -0.39 is 0 Å². The van der Waals surface area contributed by atoms with Gasteiger partial charge < -0.3 is 24.4 Å². The number of benzene rings is 2. The number of rotatable bonds is 13. The Morgan fingerprint density at radius 3 is 2.45 bits per heavy atom. The minimum atomic E-state index is 0.0237. The van der Waals surface area contributed by atoms with Crippen molar-refractivity contribution in [2.75, 3.05) is 40.0 Å². The Labute approximate surface area is 226 Å². The molecule has 0 bridgehead atoms. The van der Waals surface area contributed by atoms with Crippen LogP contribution >= 0.6 is 0 Å². The molecule has 2 aliphatic heterocycles. The summed E-state index contributed by atoms with van der Waals surface area (Å²) in [6.45, 7) is 8.68. The zero-order valence-electron chi connectivity index (χ0n) is 23.1. The predicted molar refractivity (Wildman–Crippen MR) is 148 cm³/mol. The molecule has 38 heavy (non-hydrogen) atoms. The Balaban J connectivity index is 1.25. The number of amides is 1. The molecule has 0 saturated carbocycles. The Hall–Kier alpha value is -3.06. The monoisotopic (exact) mass is 522 g/mol. The first-order valence-electron chi connectivity index (χ1n) is 13.9. The number of unbranched alkanes of at least 4 members (excludes halogenated alkanes) is 2. The van der Waals surface area contributed by atoms with Crippen molar-refractivity contribution in [1.29, 1.82) is 0 Å². The summed E-state index contributed by atoms with van der Waals surface area (Å²) in [4.78, 5) is 27.8. The Morgan fingerprint density at radius 2 is 1.74 bits per heavy atom. The maximum absolute atomic E-state index is 12.9. The van der Waals surface area contributed by atoms with Gasteiger partial charge in [0.1, 0.15) is 19.0 Å². The van der Waals surface area contributed by atoms with E-state index in [0.29, 0.717) is 37.0 Å². The zero-order chi connectivity index (χ0) is 27.0. The summed E-state index contributed by atoms with van der Waals surface area (Å²) in [5.74, 6) is 2.52. The predicted octanol–water partition coefficient (Wildman–Crippen LogP) is 5.06. The van der Waals surface area contributed by atoms with E-state index in [0.717, 1.165) is 68.1 Å². The number of nitrogens with one attached hydrogen (secondary N) is 1. The first kappa shape index (κ1) is 28.0. The number of likely N-dealkylation sites (tertiary alicyclic amines) is 1. The lowest BCUT2D eigenvalue weighted by Gasteiger charge is -2.27. The van der Waals surface area contributed by atoms with Gasteiger partial charge >= 0.3 is 0 Å². The quantitative estimate of drug-likeness (QED) is 0.293. The fraction of sp³-hybridized carbons (Fsp3) is 0.548. The summed E-state index contributed by atoms with van der Waals surface area (Å²) in [6.07, 6.45) is 5.28. The van der Waals surface area contributed by atoms with Gasteiger partial charge in [-0.3, -0.25) is 9.59 Å². The molecule has 206 valence electrons. The Morgan fingerprint density at radius 1 is 1.00 bits per heavy atom. The van der Waals surface area contributed by atoms with Gasteiger partial charge in [0.25, 0.3) is 0 Å². The van der Waals surface area contributed by atoms with E-state index in [1.54, 1.807) is 19.2 Å². The summed E-state index contributed by atoms with van der Waals surface area (Å²) in [6, 6.07) is 13.3. The minimum absolute atomic E-state index is 0.0237. The summed E-state index contributed by atoms with van der Waals surface area (Å²) >= 11 is 0. The number of hydrogen-bond acceptors (Lipinski definition) is 6. The van der Waals surface area contributed by atoms with Crippen LogP contribution in [0, 0.1) is 5.41 Å². The van der Waals surface area contributed by atoms with Gasteiger partial charge in [0, 0.05) is 37.5 Å². The van der Waals surface area contributed by atoms with Crippen LogP contribution in [0.3, 0.4) is 0 Å². The van der Waals surface area contributed by atoms with Gasteiger partial charge in [0.15, 0.2) is 17.3 Å². The van der Waals surface area contributed by atoms with E-state index in [4.69, 9.17) is 14.2 Å². The second kappa shape index (κ2) is 13.1. The van der Waals surface area contributed by atoms with E-state index >= 15 is 0 Å². The van der Waals surface area contributed by atoms with Gasteiger partial charge in [-0.2, -0.15) is 0 Å². The van der Waals surface area contributed by atoms with Gasteiger partial charge in [-0.15, -0.1) is 0 Å². The maximum Gasteiger partial charge on any atom is 0.220 e. The molecule has 2 aliphatic rings. The fourth-order valence-electron chi connectivity index (χ4n) is 5.32. The average Bonchev–Trinajstić information content (AvgIpc) is 3.26. The molecule has 1 fully saturated rings. The van der Waals surface area contributed by atoms with E-state index in [-0.39, 0.29) is 17.7 Å². The van der Waals surface area contributed by atoms with Gasteiger partial charge in [0.2, 0.25) is 5.91 Å². The molecular weight excluding hydrogens is 480 g/mol. The van der Waals surface area contributed by atoms with Crippen molar-refractivity contribution in [3.63, 3.8) is 0 Å². The van der Waals surface area contributed by atoms with Crippen LogP contribution in [-0.2, 0) is 11.2 Å². The molecule has 2 aromatic rings. The smallest absolute Gasteiger partial charge is 0.220 e. The van der Waals surface area contributed by atoms with Crippen molar-refractivity contribution in [3.8, 4) is 17.2 Å². The first-order valence-corrected chi connectivity index (χ1v) is 13.9. The van der Waals surface area contributed by atoms with Crippen molar-refractivity contribution in [2.24, 2.45) is 5.41 Å². The van der Waals surface area contributed by atoms with Crippen LogP contribution in [0.25, 0.3) is 0 Å². The molecule has 7 heteroatoms. The summed E-state index contributed by atoms with van der Waals surface area (Å²) in [5, 5.41) is 3.30. The Bertz CT molecular complexity index is 1080. The number of fused-ring (bicyclic) bond motifs is 1. The largest absolute Gasteiger partial charge is 0.497 e. The highest BCUT2D eigenvalue weighted by atomic mass is 16.6. The lowest BCUT2D eigenvalue weighted by molar-refractivity contribution is -0.122. The molecule has 7 nitrogen and oxygen atoms in total. The van der Waals surface area contributed by atoms with Crippen LogP contribution < -0.4 is 19.5 Å². The first-order chi connectivity index (χ1) is 18.3. The molecule has 0 aromatic heterocycles. The van der Waals surface area contributed by atoms with Gasteiger partial charge in [-0.25, -0.2) is 0 Å². The highest BCUT2D eigenvalue weighted by molar-refractivity contribution is 5.96. The van der Waals surface area contributed by atoms with Crippen LogP contribution in [-0.4, -0.2) is 62.6 Å². The normalized spacial score (nSPS) is 17.1. The molecule has 0 spiro atoms. The molecule has 2 aromatic carbocycles. The third kappa shape index (κ3) is 8.22. The third-order valence-corrected chi connectivity index (χ3v) is 7.41. The van der Waals surface area contributed by atoms with Crippen LogP contribution in [0.1, 0.15) is 68.3 Å². The fourth-order valence-corrected chi connectivity index (χ4v) is 5.32. The van der Waals surface area contributed by atoms with E-state index in [1.165, 1.54) is 6.42 Å². The average molecular weight is 523 g/mol. The molecule has 1 saturated heterocycles. The molecule has 1 amide bonds. The van der Waals surface area contributed by atoms with Crippen molar-refractivity contribution in [2.45, 2.75) is 64.8 Å². The third-order valence-electron chi connectivity index (χ3n) is 7.41. The number of carbonyl (C=O) groups is 2. The van der Waals surface area contributed by atoms with Crippen molar-refractivity contribution in [3.05, 3.63) is 53.6 Å². The Kier molecular flexibility index (Phi) is 9.67. The van der Waals surface area contributed by atoms with E-state index in [2.05, 4.69) is 30.1 Å². The molecule has 1 atom stereocenters. The number of ketones is 1. The molecule has 4 rings (SSSR count). The minimum Gasteiger partial charge on any atom is -0.497 e. The van der Waals surface area contributed by atoms with E-state index in [9.17, 15) is 9.59 Å². The van der Waals surface area contributed by atoms with Crippen LogP contribution in [0.4, 0.5) is 0 Å². The van der Waals surface area contributed by atoms with Gasteiger partial charge in [0.05, 0.1) is 7.11 Å². The topological polar surface area (TPSA) is 77.1 Å². The number of ether oxygens (including phenoxy) is 3. The lowest BCUT2D eigenvalue weighted by atomic mass is 9.93. The molecule has 0 aliphatic carbocycles. The standard InChI is InChI=1S/C31H42N2O5/c1-31(2)15-16-33(22-31)21-25(19-23-9-14-28-29(20-23)38-18-17-37-28)32-30(35)8-6-4-5-7-27(34)24-10-12-26(36-3)13-11-24/h9-14,20,25H,4-8,15-19,21-22H2,1-3H3,(H,32,35)/t25-/m0/s1. The second-order valence-corrected chi connectivity index (χ2v) is 11.3. The van der Waals surface area contributed by atoms with Crippen LogP contribution in [0.2, 0.25) is 0 Å². The van der Waals surface area contributed by atoms with E-state index in [1.807, 2.05) is 24.3 Å². The number of nitrogens with zero attached hydrogens (tertiary/aromatic N) is 1. The zero-order valence-corrected chi connectivity index (χ0v) is 23.1.